The molecule has 0 atom stereocenters. The minimum absolute atomic E-state index is 0.638. The zero-order valence-corrected chi connectivity index (χ0v) is 12.6. The molecule has 0 spiro atoms. The lowest BCUT2D eigenvalue weighted by Crippen LogP contribution is -1.96. The second-order valence-corrected chi connectivity index (χ2v) is 5.72. The van der Waals surface area contributed by atoms with E-state index in [0.717, 1.165) is 20.3 Å². The highest BCUT2D eigenvalue weighted by molar-refractivity contribution is 9.10. The Morgan fingerprint density at radius 3 is 2.29 bits per heavy atom. The van der Waals surface area contributed by atoms with Gasteiger partial charge in [-0.3, -0.25) is 0 Å². The van der Waals surface area contributed by atoms with Gasteiger partial charge in [0.1, 0.15) is 0 Å². The molecular formula is C12H9Br2ClN2. The first-order chi connectivity index (χ1) is 8.06. The highest BCUT2D eigenvalue weighted by Crippen LogP contribution is 2.31. The van der Waals surface area contributed by atoms with E-state index < -0.39 is 0 Å². The third kappa shape index (κ3) is 3.15. The molecule has 17 heavy (non-hydrogen) atoms. The van der Waals surface area contributed by atoms with Gasteiger partial charge in [-0.1, -0.05) is 43.5 Å². The number of hydrogen-bond donors (Lipinski definition) is 2. The van der Waals surface area contributed by atoms with Crippen LogP contribution in [-0.4, -0.2) is 0 Å². The molecule has 3 N–H and O–H groups in total. The van der Waals surface area contributed by atoms with Crippen LogP contribution in [0.25, 0.3) is 0 Å². The van der Waals surface area contributed by atoms with Gasteiger partial charge >= 0.3 is 0 Å². The minimum atomic E-state index is 0.638. The Bertz CT molecular complexity index is 558. The molecule has 0 aromatic heterocycles. The topological polar surface area (TPSA) is 38.0 Å². The molecule has 2 aromatic carbocycles. The molecule has 0 aliphatic heterocycles. The normalized spacial score (nSPS) is 10.3. The van der Waals surface area contributed by atoms with Gasteiger partial charge in [-0.25, -0.2) is 0 Å². The van der Waals surface area contributed by atoms with Gasteiger partial charge in [-0.2, -0.15) is 0 Å². The summed E-state index contributed by atoms with van der Waals surface area (Å²) in [6, 6.07) is 11.3. The second-order valence-electron chi connectivity index (χ2n) is 3.48. The predicted molar refractivity (Wildman–Crippen MR) is 81.0 cm³/mol. The van der Waals surface area contributed by atoms with Crippen LogP contribution in [0.15, 0.2) is 45.3 Å². The highest BCUT2D eigenvalue weighted by atomic mass is 79.9. The number of halogens is 3. The van der Waals surface area contributed by atoms with Crippen LogP contribution in [-0.2, 0) is 0 Å². The van der Waals surface area contributed by atoms with Crippen molar-refractivity contribution in [1.82, 2.24) is 0 Å². The van der Waals surface area contributed by atoms with E-state index in [-0.39, 0.29) is 0 Å². The fourth-order valence-corrected chi connectivity index (χ4v) is 2.45. The molecule has 88 valence electrons. The molecular weight excluding hydrogens is 367 g/mol. The zero-order valence-electron chi connectivity index (χ0n) is 8.68. The van der Waals surface area contributed by atoms with Gasteiger partial charge in [0.2, 0.25) is 0 Å². The number of hydrogen-bond acceptors (Lipinski definition) is 2. The molecule has 2 aromatic rings. The Labute approximate surface area is 121 Å². The third-order valence-corrected chi connectivity index (χ3v) is 3.52. The lowest BCUT2D eigenvalue weighted by atomic mass is 10.2. The first-order valence-corrected chi connectivity index (χ1v) is 6.80. The van der Waals surface area contributed by atoms with E-state index in [4.69, 9.17) is 17.3 Å². The van der Waals surface area contributed by atoms with E-state index >= 15 is 0 Å². The molecule has 5 heteroatoms. The van der Waals surface area contributed by atoms with E-state index in [1.807, 2.05) is 36.4 Å². The Kier molecular flexibility index (Phi) is 3.97. The van der Waals surface area contributed by atoms with Crippen LogP contribution >= 0.6 is 43.5 Å². The lowest BCUT2D eigenvalue weighted by Gasteiger charge is -2.11. The van der Waals surface area contributed by atoms with Gasteiger partial charge in [-0.15, -0.1) is 0 Å². The van der Waals surface area contributed by atoms with Crippen LogP contribution in [0.1, 0.15) is 0 Å². The number of anilines is 3. The van der Waals surface area contributed by atoms with Crippen molar-refractivity contribution in [2.45, 2.75) is 0 Å². The van der Waals surface area contributed by atoms with E-state index in [1.165, 1.54) is 0 Å². The van der Waals surface area contributed by atoms with Crippen molar-refractivity contribution in [1.29, 1.82) is 0 Å². The molecule has 0 heterocycles. The molecule has 0 bridgehead atoms. The molecule has 2 nitrogen and oxygen atoms in total. The zero-order chi connectivity index (χ0) is 12.4. The van der Waals surface area contributed by atoms with E-state index in [0.29, 0.717) is 10.7 Å². The van der Waals surface area contributed by atoms with Crippen LogP contribution in [0, 0.1) is 0 Å². The van der Waals surface area contributed by atoms with Crippen molar-refractivity contribution in [2.24, 2.45) is 0 Å². The van der Waals surface area contributed by atoms with Gasteiger partial charge in [-0.05, 0) is 36.4 Å². The first-order valence-electron chi connectivity index (χ1n) is 4.83. The number of rotatable bonds is 2. The quantitative estimate of drug-likeness (QED) is 0.708. The molecule has 0 aliphatic rings. The molecule has 0 fully saturated rings. The van der Waals surface area contributed by atoms with Gasteiger partial charge in [0.15, 0.2) is 0 Å². The molecule has 0 saturated heterocycles. The molecule has 0 aliphatic carbocycles. The van der Waals surface area contributed by atoms with Crippen LogP contribution < -0.4 is 11.1 Å². The minimum Gasteiger partial charge on any atom is -0.397 e. The van der Waals surface area contributed by atoms with Crippen molar-refractivity contribution in [3.8, 4) is 0 Å². The van der Waals surface area contributed by atoms with Crippen LogP contribution in [0.3, 0.4) is 0 Å². The Balaban J connectivity index is 2.34. The third-order valence-electron chi connectivity index (χ3n) is 2.22. The summed E-state index contributed by atoms with van der Waals surface area (Å²) < 4.78 is 1.90. The monoisotopic (exact) mass is 374 g/mol. The van der Waals surface area contributed by atoms with Crippen molar-refractivity contribution in [3.63, 3.8) is 0 Å². The summed E-state index contributed by atoms with van der Waals surface area (Å²) in [4.78, 5) is 0. The van der Waals surface area contributed by atoms with Crippen molar-refractivity contribution in [2.75, 3.05) is 11.1 Å². The average molecular weight is 376 g/mol. The SMILES string of the molecule is Nc1ccc(Br)cc1Nc1ccc(Br)cc1Cl. The maximum Gasteiger partial charge on any atom is 0.0652 e. The highest BCUT2D eigenvalue weighted by Gasteiger charge is 2.04. The van der Waals surface area contributed by atoms with E-state index in [9.17, 15) is 0 Å². The average Bonchev–Trinajstić information content (AvgIpc) is 2.27. The Morgan fingerprint density at radius 2 is 1.59 bits per heavy atom. The number of nitrogen functional groups attached to an aromatic ring is 1. The Hall–Kier alpha value is -0.710. The predicted octanol–water partition coefficient (Wildman–Crippen LogP) is 5.19. The van der Waals surface area contributed by atoms with Gasteiger partial charge < -0.3 is 11.1 Å². The van der Waals surface area contributed by atoms with Gasteiger partial charge in [0.25, 0.3) is 0 Å². The second kappa shape index (κ2) is 5.29. The fraction of sp³-hybridized carbons (Fsp3) is 0. The maximum atomic E-state index is 6.13. The largest absolute Gasteiger partial charge is 0.397 e. The van der Waals surface area contributed by atoms with Crippen LogP contribution in [0.2, 0.25) is 5.02 Å². The summed E-state index contributed by atoms with van der Waals surface area (Å²) in [5.41, 5.74) is 8.20. The summed E-state index contributed by atoms with van der Waals surface area (Å²) in [5.74, 6) is 0. The smallest absolute Gasteiger partial charge is 0.0652 e. The Morgan fingerprint density at radius 1 is 0.941 bits per heavy atom. The summed E-state index contributed by atoms with van der Waals surface area (Å²) in [6.07, 6.45) is 0. The molecule has 0 saturated carbocycles. The summed E-state index contributed by atoms with van der Waals surface area (Å²) in [6.45, 7) is 0. The van der Waals surface area contributed by atoms with E-state index in [2.05, 4.69) is 37.2 Å². The van der Waals surface area contributed by atoms with Crippen molar-refractivity contribution in [3.05, 3.63) is 50.4 Å². The molecule has 0 amide bonds. The molecule has 0 radical (unpaired) electrons. The number of benzene rings is 2. The van der Waals surface area contributed by atoms with Crippen LogP contribution in [0.5, 0.6) is 0 Å². The summed E-state index contributed by atoms with van der Waals surface area (Å²) in [7, 11) is 0. The van der Waals surface area contributed by atoms with E-state index in [1.54, 1.807) is 0 Å². The van der Waals surface area contributed by atoms with Gasteiger partial charge in [0.05, 0.1) is 22.1 Å². The molecule has 2 rings (SSSR count). The lowest BCUT2D eigenvalue weighted by molar-refractivity contribution is 1.52. The van der Waals surface area contributed by atoms with Crippen molar-refractivity contribution < 1.29 is 0 Å². The fourth-order valence-electron chi connectivity index (χ4n) is 1.37. The number of nitrogens with two attached hydrogens (primary N) is 1. The summed E-state index contributed by atoms with van der Waals surface area (Å²) in [5, 5.41) is 3.84. The summed E-state index contributed by atoms with van der Waals surface area (Å²) >= 11 is 12.9. The molecule has 0 unspecified atom stereocenters. The van der Waals surface area contributed by atoms with Crippen LogP contribution in [0.4, 0.5) is 17.1 Å². The first kappa shape index (κ1) is 12.7. The maximum absolute atomic E-state index is 6.13. The standard InChI is InChI=1S/C12H9Br2ClN2/c13-7-2-4-11(9(15)5-7)17-12-6-8(14)1-3-10(12)16/h1-6,17H,16H2. The van der Waals surface area contributed by atoms with Crippen molar-refractivity contribution >= 4 is 60.5 Å². The van der Waals surface area contributed by atoms with Gasteiger partial charge in [0, 0.05) is 8.95 Å². The number of nitrogens with one attached hydrogen (secondary N) is 1.